The topological polar surface area (TPSA) is 98.2 Å². The highest BCUT2D eigenvalue weighted by atomic mass is 19.1. The lowest BCUT2D eigenvalue weighted by Crippen LogP contribution is -2.49. The number of nitrogens with zero attached hydrogens (tertiary/aromatic N) is 4. The Morgan fingerprint density at radius 2 is 1.78 bits per heavy atom. The SMILES string of the molecule is CC(C)(C)NC(=O)CN1C(=O)C(N=[N+]=[N-])CC(c2ccc(F)cc2)CC1c1ccccc1. The first-order valence-electron chi connectivity index (χ1n) is 10.6. The summed E-state index contributed by atoms with van der Waals surface area (Å²) < 4.78 is 13.5. The van der Waals surface area contributed by atoms with Gasteiger partial charge in [-0.15, -0.1) is 0 Å². The summed E-state index contributed by atoms with van der Waals surface area (Å²) in [6.07, 6.45) is 0.802. The summed E-state index contributed by atoms with van der Waals surface area (Å²) in [5.74, 6) is -1.17. The minimum absolute atomic E-state index is 0.150. The Morgan fingerprint density at radius 1 is 1.12 bits per heavy atom. The fourth-order valence-electron chi connectivity index (χ4n) is 4.17. The second-order valence-electron chi connectivity index (χ2n) is 9.13. The number of azide groups is 1. The van der Waals surface area contributed by atoms with Crippen LogP contribution in [0.4, 0.5) is 4.39 Å². The van der Waals surface area contributed by atoms with Crippen LogP contribution in [-0.4, -0.2) is 34.8 Å². The molecule has 0 bridgehead atoms. The third-order valence-corrected chi connectivity index (χ3v) is 5.51. The molecule has 3 atom stereocenters. The molecule has 0 spiro atoms. The minimum Gasteiger partial charge on any atom is -0.350 e. The quantitative estimate of drug-likeness (QED) is 0.410. The van der Waals surface area contributed by atoms with E-state index in [9.17, 15) is 14.0 Å². The van der Waals surface area contributed by atoms with Gasteiger partial charge in [-0.05, 0) is 68.3 Å². The molecular weight excluding hydrogens is 409 g/mol. The van der Waals surface area contributed by atoms with Crippen LogP contribution >= 0.6 is 0 Å². The van der Waals surface area contributed by atoms with Gasteiger partial charge in [-0.2, -0.15) is 0 Å². The summed E-state index contributed by atoms with van der Waals surface area (Å²) >= 11 is 0. The Balaban J connectivity index is 2.03. The van der Waals surface area contributed by atoms with Crippen molar-refractivity contribution in [1.29, 1.82) is 0 Å². The molecule has 0 aromatic heterocycles. The number of amides is 2. The van der Waals surface area contributed by atoms with Crippen LogP contribution < -0.4 is 5.32 Å². The third-order valence-electron chi connectivity index (χ3n) is 5.51. The summed E-state index contributed by atoms with van der Waals surface area (Å²) in [5, 5.41) is 6.66. The predicted octanol–water partition coefficient (Wildman–Crippen LogP) is 4.87. The van der Waals surface area contributed by atoms with Gasteiger partial charge in [0.1, 0.15) is 18.4 Å². The smallest absolute Gasteiger partial charge is 0.240 e. The van der Waals surface area contributed by atoms with E-state index in [0.717, 1.165) is 11.1 Å². The van der Waals surface area contributed by atoms with E-state index in [1.807, 2.05) is 51.1 Å². The molecule has 0 saturated carbocycles. The van der Waals surface area contributed by atoms with E-state index in [0.29, 0.717) is 6.42 Å². The molecule has 0 radical (unpaired) electrons. The van der Waals surface area contributed by atoms with Gasteiger partial charge in [0, 0.05) is 10.5 Å². The molecule has 8 heteroatoms. The van der Waals surface area contributed by atoms with Crippen LogP contribution in [0.3, 0.4) is 0 Å². The van der Waals surface area contributed by atoms with Crippen LogP contribution in [0, 0.1) is 5.82 Å². The Hall–Kier alpha value is -3.38. The largest absolute Gasteiger partial charge is 0.350 e. The highest BCUT2D eigenvalue weighted by Crippen LogP contribution is 2.39. The van der Waals surface area contributed by atoms with Crippen molar-refractivity contribution in [3.63, 3.8) is 0 Å². The van der Waals surface area contributed by atoms with Crippen molar-refractivity contribution in [3.05, 3.63) is 82.0 Å². The number of halogens is 1. The highest BCUT2D eigenvalue weighted by molar-refractivity contribution is 5.88. The molecule has 1 aliphatic heterocycles. The fraction of sp³-hybridized carbons (Fsp3) is 0.417. The molecule has 168 valence electrons. The molecule has 0 aliphatic carbocycles. The molecule has 1 N–H and O–H groups in total. The van der Waals surface area contributed by atoms with Gasteiger partial charge in [-0.1, -0.05) is 47.6 Å². The summed E-state index contributed by atoms with van der Waals surface area (Å²) in [4.78, 5) is 30.6. The van der Waals surface area contributed by atoms with Gasteiger partial charge >= 0.3 is 0 Å². The van der Waals surface area contributed by atoms with Gasteiger partial charge in [0.15, 0.2) is 0 Å². The maximum atomic E-state index is 13.5. The molecular formula is C24H28FN5O2. The van der Waals surface area contributed by atoms with Crippen molar-refractivity contribution in [3.8, 4) is 0 Å². The highest BCUT2D eigenvalue weighted by Gasteiger charge is 2.39. The average molecular weight is 438 g/mol. The molecule has 2 amide bonds. The number of carbonyl (C=O) groups is 2. The van der Waals surface area contributed by atoms with E-state index in [1.165, 1.54) is 17.0 Å². The summed E-state index contributed by atoms with van der Waals surface area (Å²) in [5.41, 5.74) is 10.4. The van der Waals surface area contributed by atoms with Gasteiger partial charge < -0.3 is 10.2 Å². The van der Waals surface area contributed by atoms with Gasteiger partial charge in [0.25, 0.3) is 0 Å². The Kier molecular flexibility index (Phi) is 7.15. The lowest BCUT2D eigenvalue weighted by molar-refractivity contribution is -0.139. The van der Waals surface area contributed by atoms with Crippen LogP contribution in [0.5, 0.6) is 0 Å². The molecule has 1 heterocycles. The first-order chi connectivity index (χ1) is 15.2. The van der Waals surface area contributed by atoms with Crippen molar-refractivity contribution in [2.45, 2.75) is 57.2 Å². The van der Waals surface area contributed by atoms with Crippen LogP contribution in [0.2, 0.25) is 0 Å². The van der Waals surface area contributed by atoms with E-state index in [-0.39, 0.29) is 36.5 Å². The monoisotopic (exact) mass is 437 g/mol. The predicted molar refractivity (Wildman–Crippen MR) is 120 cm³/mol. The number of benzene rings is 2. The van der Waals surface area contributed by atoms with Crippen LogP contribution in [0.1, 0.15) is 56.7 Å². The maximum Gasteiger partial charge on any atom is 0.240 e. The van der Waals surface area contributed by atoms with Crippen LogP contribution in [0.25, 0.3) is 10.4 Å². The number of rotatable bonds is 5. The van der Waals surface area contributed by atoms with Gasteiger partial charge in [-0.25, -0.2) is 4.39 Å². The molecule has 1 saturated heterocycles. The summed E-state index contributed by atoms with van der Waals surface area (Å²) in [6.45, 7) is 5.47. The standard InChI is InChI=1S/C24H28FN5O2/c1-24(2,3)27-22(31)15-30-21(17-7-5-4-6-8-17)14-18(13-20(23(30)32)28-29-26)16-9-11-19(25)12-10-16/h4-12,18,20-21H,13-15H2,1-3H3,(H,27,31). The Bertz CT molecular complexity index is 997. The summed E-state index contributed by atoms with van der Waals surface area (Å²) in [7, 11) is 0. The van der Waals surface area contributed by atoms with Crippen molar-refractivity contribution in [2.75, 3.05) is 6.54 Å². The van der Waals surface area contributed by atoms with Crippen molar-refractivity contribution in [2.24, 2.45) is 5.11 Å². The van der Waals surface area contributed by atoms with Crippen molar-refractivity contribution < 1.29 is 14.0 Å². The van der Waals surface area contributed by atoms with Gasteiger partial charge in [-0.3, -0.25) is 9.59 Å². The average Bonchev–Trinajstić information content (AvgIpc) is 2.86. The lowest BCUT2D eigenvalue weighted by Gasteiger charge is -2.33. The van der Waals surface area contributed by atoms with E-state index in [2.05, 4.69) is 15.3 Å². The molecule has 2 aromatic rings. The van der Waals surface area contributed by atoms with E-state index in [4.69, 9.17) is 5.53 Å². The molecule has 1 aliphatic rings. The zero-order valence-corrected chi connectivity index (χ0v) is 18.5. The second kappa shape index (κ2) is 9.83. The Labute approximate surface area is 187 Å². The lowest BCUT2D eigenvalue weighted by atomic mass is 9.86. The second-order valence-corrected chi connectivity index (χ2v) is 9.13. The maximum absolute atomic E-state index is 13.5. The van der Waals surface area contributed by atoms with E-state index >= 15 is 0 Å². The minimum atomic E-state index is -0.953. The number of carbonyl (C=O) groups excluding carboxylic acids is 2. The first-order valence-corrected chi connectivity index (χ1v) is 10.6. The fourth-order valence-corrected chi connectivity index (χ4v) is 4.17. The molecule has 3 rings (SSSR count). The van der Waals surface area contributed by atoms with E-state index < -0.39 is 17.6 Å². The van der Waals surface area contributed by atoms with Crippen molar-refractivity contribution in [1.82, 2.24) is 10.2 Å². The number of hydrogen-bond donors (Lipinski definition) is 1. The summed E-state index contributed by atoms with van der Waals surface area (Å²) in [6, 6.07) is 14.3. The van der Waals surface area contributed by atoms with E-state index in [1.54, 1.807) is 12.1 Å². The number of nitrogens with one attached hydrogen (secondary N) is 1. The van der Waals surface area contributed by atoms with Crippen LogP contribution in [0.15, 0.2) is 59.7 Å². The van der Waals surface area contributed by atoms with Gasteiger partial charge in [0.2, 0.25) is 11.8 Å². The molecule has 2 aromatic carbocycles. The first kappa shape index (κ1) is 23.3. The zero-order valence-electron chi connectivity index (χ0n) is 18.5. The molecule has 32 heavy (non-hydrogen) atoms. The zero-order chi connectivity index (χ0) is 23.3. The van der Waals surface area contributed by atoms with Crippen molar-refractivity contribution >= 4 is 11.8 Å². The van der Waals surface area contributed by atoms with Gasteiger partial charge in [0.05, 0.1) is 6.04 Å². The normalized spacial score (nSPS) is 21.4. The molecule has 1 fully saturated rings. The molecule has 3 unspecified atom stereocenters. The number of likely N-dealkylation sites (tertiary alicyclic amines) is 1. The number of hydrogen-bond acceptors (Lipinski definition) is 3. The van der Waals surface area contributed by atoms with Crippen LogP contribution in [-0.2, 0) is 9.59 Å². The third kappa shape index (κ3) is 5.86. The Morgan fingerprint density at radius 3 is 2.38 bits per heavy atom. The molecule has 7 nitrogen and oxygen atoms in total.